The maximum absolute atomic E-state index is 10.1. The average molecular weight is 277 g/mol. The van der Waals surface area contributed by atoms with Crippen molar-refractivity contribution in [3.63, 3.8) is 0 Å². The Morgan fingerprint density at radius 3 is 2.75 bits per heavy atom. The van der Waals surface area contributed by atoms with Gasteiger partial charge in [0.2, 0.25) is 0 Å². The molecule has 1 atom stereocenters. The number of aliphatic hydroxyl groups is 1. The first-order valence-corrected chi connectivity index (χ1v) is 7.22. The van der Waals surface area contributed by atoms with Crippen molar-refractivity contribution in [2.45, 2.75) is 45.4 Å². The number of benzene rings is 1. The first kappa shape index (κ1) is 16.7. The molecule has 0 aromatic heterocycles. The van der Waals surface area contributed by atoms with Crippen molar-refractivity contribution in [1.82, 2.24) is 4.90 Å². The highest BCUT2D eigenvalue weighted by Gasteiger charge is 2.15. The van der Waals surface area contributed by atoms with E-state index >= 15 is 0 Å². The van der Waals surface area contributed by atoms with E-state index in [0.29, 0.717) is 12.6 Å². The summed E-state index contributed by atoms with van der Waals surface area (Å²) in [5, 5.41) is 10.1. The summed E-state index contributed by atoms with van der Waals surface area (Å²) in [5.41, 5.74) is 1.20. The van der Waals surface area contributed by atoms with Crippen molar-refractivity contribution in [1.29, 1.82) is 0 Å². The Morgan fingerprint density at radius 1 is 1.40 bits per heavy atom. The van der Waals surface area contributed by atoms with Gasteiger partial charge in [-0.25, -0.2) is 0 Å². The van der Waals surface area contributed by atoms with Gasteiger partial charge in [-0.2, -0.15) is 0 Å². The summed E-state index contributed by atoms with van der Waals surface area (Å²) in [6, 6.07) is 8.47. The van der Waals surface area contributed by atoms with Crippen LogP contribution in [0.2, 0.25) is 0 Å². The van der Waals surface area contributed by atoms with E-state index in [4.69, 9.17) is 4.74 Å². The number of rotatable bonds is 9. The van der Waals surface area contributed by atoms with Gasteiger partial charge in [-0.05, 0) is 44.4 Å². The molecule has 0 bridgehead atoms. The molecule has 0 aliphatic heterocycles. The summed E-state index contributed by atoms with van der Waals surface area (Å²) in [7, 11) is 1.68. The van der Waals surface area contributed by atoms with E-state index in [9.17, 15) is 5.11 Å². The van der Waals surface area contributed by atoms with E-state index in [-0.39, 0.29) is 6.10 Å². The average Bonchev–Trinajstić information content (AvgIpc) is 2.44. The second-order valence-electron chi connectivity index (χ2n) is 5.39. The van der Waals surface area contributed by atoms with E-state index in [1.54, 1.807) is 7.11 Å². The number of ether oxygens (including phenoxy) is 1. The van der Waals surface area contributed by atoms with Crippen molar-refractivity contribution < 1.29 is 9.84 Å². The maximum atomic E-state index is 10.1. The van der Waals surface area contributed by atoms with Crippen LogP contribution in [-0.2, 0) is 6.54 Å². The van der Waals surface area contributed by atoms with Crippen molar-refractivity contribution in [2.75, 3.05) is 13.7 Å². The Bertz CT molecular complexity index is 404. The van der Waals surface area contributed by atoms with Gasteiger partial charge < -0.3 is 9.84 Å². The molecule has 0 fully saturated rings. The second-order valence-corrected chi connectivity index (χ2v) is 5.39. The van der Waals surface area contributed by atoms with Crippen LogP contribution >= 0.6 is 0 Å². The monoisotopic (exact) mass is 277 g/mol. The van der Waals surface area contributed by atoms with Crippen molar-refractivity contribution >= 4 is 0 Å². The molecule has 1 aromatic rings. The molecule has 0 saturated heterocycles. The van der Waals surface area contributed by atoms with Gasteiger partial charge in [0.15, 0.2) is 0 Å². The van der Waals surface area contributed by atoms with Gasteiger partial charge in [0.25, 0.3) is 0 Å². The molecule has 0 heterocycles. The number of nitrogens with zero attached hydrogens (tertiary/aromatic N) is 1. The third kappa shape index (κ3) is 5.76. The predicted molar refractivity (Wildman–Crippen MR) is 84.0 cm³/mol. The molecule has 0 amide bonds. The fraction of sp³-hybridized carbons (Fsp3) is 0.529. The summed E-state index contributed by atoms with van der Waals surface area (Å²) < 4.78 is 5.25. The first-order valence-electron chi connectivity index (χ1n) is 7.22. The van der Waals surface area contributed by atoms with E-state index in [1.165, 1.54) is 5.56 Å². The molecular formula is C17H27NO2. The molecular weight excluding hydrogens is 250 g/mol. The minimum absolute atomic E-state index is 0.305. The van der Waals surface area contributed by atoms with E-state index in [0.717, 1.165) is 25.1 Å². The topological polar surface area (TPSA) is 32.7 Å². The van der Waals surface area contributed by atoms with Crippen LogP contribution < -0.4 is 4.74 Å². The highest BCUT2D eigenvalue weighted by atomic mass is 16.5. The van der Waals surface area contributed by atoms with Crippen LogP contribution in [-0.4, -0.2) is 35.8 Å². The molecule has 112 valence electrons. The number of aliphatic hydroxyl groups excluding tert-OH is 1. The van der Waals surface area contributed by atoms with Crippen molar-refractivity contribution in [3.8, 4) is 5.75 Å². The SMILES string of the molecule is C=CCC[C@H](O)CN(Cc1cccc(OC)c1)C(C)C. The largest absolute Gasteiger partial charge is 0.497 e. The van der Waals surface area contributed by atoms with Crippen LogP contribution in [0.3, 0.4) is 0 Å². The van der Waals surface area contributed by atoms with Crippen LogP contribution in [0.4, 0.5) is 0 Å². The molecule has 0 saturated carbocycles. The summed E-state index contributed by atoms with van der Waals surface area (Å²) in [6.45, 7) is 9.50. The fourth-order valence-corrected chi connectivity index (χ4v) is 2.14. The third-order valence-corrected chi connectivity index (χ3v) is 3.40. The maximum Gasteiger partial charge on any atom is 0.119 e. The minimum atomic E-state index is -0.305. The van der Waals surface area contributed by atoms with Crippen LogP contribution in [0.15, 0.2) is 36.9 Å². The lowest BCUT2D eigenvalue weighted by Gasteiger charge is -2.29. The molecule has 1 rings (SSSR count). The summed E-state index contributed by atoms with van der Waals surface area (Å²) in [5.74, 6) is 0.874. The molecule has 20 heavy (non-hydrogen) atoms. The third-order valence-electron chi connectivity index (χ3n) is 3.40. The standard InChI is InChI=1S/C17H27NO2/c1-5-6-9-16(19)13-18(14(2)3)12-15-8-7-10-17(11-15)20-4/h5,7-8,10-11,14,16,19H,1,6,9,12-13H2,2-4H3/t16-/m0/s1. The quantitative estimate of drug-likeness (QED) is 0.703. The number of allylic oxidation sites excluding steroid dienone is 1. The lowest BCUT2D eigenvalue weighted by atomic mass is 10.1. The molecule has 0 spiro atoms. The van der Waals surface area contributed by atoms with Crippen LogP contribution in [0.5, 0.6) is 5.75 Å². The van der Waals surface area contributed by atoms with E-state index in [2.05, 4.69) is 31.4 Å². The molecule has 1 aromatic carbocycles. The smallest absolute Gasteiger partial charge is 0.119 e. The van der Waals surface area contributed by atoms with E-state index < -0.39 is 0 Å². The highest BCUT2D eigenvalue weighted by Crippen LogP contribution is 2.16. The van der Waals surface area contributed by atoms with E-state index in [1.807, 2.05) is 24.3 Å². The lowest BCUT2D eigenvalue weighted by molar-refractivity contribution is 0.0855. The Labute approximate surface area is 122 Å². The molecule has 3 nitrogen and oxygen atoms in total. The van der Waals surface area contributed by atoms with Crippen LogP contribution in [0.1, 0.15) is 32.3 Å². The van der Waals surface area contributed by atoms with Crippen LogP contribution in [0, 0.1) is 0 Å². The zero-order valence-corrected chi connectivity index (χ0v) is 12.9. The summed E-state index contributed by atoms with van der Waals surface area (Å²) >= 11 is 0. The van der Waals surface area contributed by atoms with Gasteiger partial charge >= 0.3 is 0 Å². The Balaban J connectivity index is 2.64. The zero-order chi connectivity index (χ0) is 15.0. The van der Waals surface area contributed by atoms with Crippen LogP contribution in [0.25, 0.3) is 0 Å². The fourth-order valence-electron chi connectivity index (χ4n) is 2.14. The molecule has 0 aliphatic rings. The zero-order valence-electron chi connectivity index (χ0n) is 12.9. The van der Waals surface area contributed by atoms with Gasteiger partial charge in [0.05, 0.1) is 13.2 Å². The molecule has 3 heteroatoms. The first-order chi connectivity index (χ1) is 9.56. The number of hydrogen-bond acceptors (Lipinski definition) is 3. The summed E-state index contributed by atoms with van der Waals surface area (Å²) in [4.78, 5) is 2.28. The predicted octanol–water partition coefficient (Wildman–Crippen LogP) is 3.23. The summed E-state index contributed by atoms with van der Waals surface area (Å²) in [6.07, 6.45) is 3.17. The second kappa shape index (κ2) is 8.77. The number of hydrogen-bond donors (Lipinski definition) is 1. The van der Waals surface area contributed by atoms with Gasteiger partial charge in [0.1, 0.15) is 5.75 Å². The Hall–Kier alpha value is -1.32. The normalized spacial score (nSPS) is 12.7. The van der Waals surface area contributed by atoms with Crippen molar-refractivity contribution in [3.05, 3.63) is 42.5 Å². The van der Waals surface area contributed by atoms with Gasteiger partial charge in [-0.1, -0.05) is 18.2 Å². The van der Waals surface area contributed by atoms with Gasteiger partial charge in [0, 0.05) is 19.1 Å². The molecule has 0 radical (unpaired) electrons. The minimum Gasteiger partial charge on any atom is -0.497 e. The molecule has 1 N–H and O–H groups in total. The van der Waals surface area contributed by atoms with Gasteiger partial charge in [-0.3, -0.25) is 4.90 Å². The van der Waals surface area contributed by atoms with Gasteiger partial charge in [-0.15, -0.1) is 6.58 Å². The Morgan fingerprint density at radius 2 is 2.15 bits per heavy atom. The number of methoxy groups -OCH3 is 1. The molecule has 0 aliphatic carbocycles. The molecule has 0 unspecified atom stereocenters. The Kier molecular flexibility index (Phi) is 7.34. The van der Waals surface area contributed by atoms with Crippen molar-refractivity contribution in [2.24, 2.45) is 0 Å². The lowest BCUT2D eigenvalue weighted by Crippen LogP contribution is -2.37. The highest BCUT2D eigenvalue weighted by molar-refractivity contribution is 5.28.